The van der Waals surface area contributed by atoms with Crippen molar-refractivity contribution in [3.05, 3.63) is 38.4 Å². The summed E-state index contributed by atoms with van der Waals surface area (Å²) in [5.74, 6) is -3.53. The number of β-lactam (4-membered cyclic amide) rings is 1. The minimum absolute atomic E-state index is 0.0469. The summed E-state index contributed by atoms with van der Waals surface area (Å²) in [6, 6.07) is -1.02. The van der Waals surface area contributed by atoms with Crippen LogP contribution in [0, 0.1) is 0 Å². The van der Waals surface area contributed by atoms with Gasteiger partial charge in [-0.05, 0) is 33.1 Å². The smallest absolute Gasteiger partial charge is 0.352 e. The van der Waals surface area contributed by atoms with Gasteiger partial charge >= 0.3 is 11.9 Å². The summed E-state index contributed by atoms with van der Waals surface area (Å²) < 4.78 is 2.09. The van der Waals surface area contributed by atoms with Crippen LogP contribution in [0.5, 0.6) is 0 Å². The van der Waals surface area contributed by atoms with Crippen LogP contribution in [0.4, 0.5) is 5.13 Å². The lowest BCUT2D eigenvalue weighted by Crippen LogP contribution is -2.71. The molecule has 212 valence electrons. The topological polar surface area (TPSA) is 188 Å². The van der Waals surface area contributed by atoms with Crippen molar-refractivity contribution in [2.45, 2.75) is 63.1 Å². The van der Waals surface area contributed by atoms with Gasteiger partial charge in [0.25, 0.3) is 11.8 Å². The number of hydrogen-bond acceptors (Lipinski definition) is 11. The minimum atomic E-state index is -1.74. The first kappa shape index (κ1) is 28.0. The monoisotopic (exact) mass is 607 g/mol. The average Bonchev–Trinajstić information content (AvgIpc) is 3.53. The Morgan fingerprint density at radius 2 is 2.02 bits per heavy atom. The van der Waals surface area contributed by atoms with E-state index in [1.807, 2.05) is 5.51 Å². The zero-order valence-corrected chi connectivity index (χ0v) is 24.0. The van der Waals surface area contributed by atoms with Crippen molar-refractivity contribution >= 4 is 69.0 Å². The van der Waals surface area contributed by atoms with E-state index in [4.69, 9.17) is 10.6 Å². The number of nitrogens with zero attached hydrogens (tertiary/aromatic N) is 4. The van der Waals surface area contributed by atoms with Crippen LogP contribution < -0.4 is 15.6 Å². The van der Waals surface area contributed by atoms with Gasteiger partial charge in [0.1, 0.15) is 22.8 Å². The summed E-state index contributed by atoms with van der Waals surface area (Å²) in [6.07, 6.45) is 4.21. The molecule has 5 rings (SSSR count). The molecule has 40 heavy (non-hydrogen) atoms. The number of nitrogen functional groups attached to an aromatic ring is 1. The van der Waals surface area contributed by atoms with E-state index in [2.05, 4.69) is 20.0 Å². The second-order valence-corrected chi connectivity index (χ2v) is 12.9. The maximum Gasteiger partial charge on any atom is 0.352 e. The maximum atomic E-state index is 13.2. The number of rotatable bonds is 9. The predicted molar refractivity (Wildman–Crippen MR) is 147 cm³/mol. The number of nitrogens with one attached hydrogen (secondary N) is 1. The van der Waals surface area contributed by atoms with E-state index >= 15 is 0 Å². The summed E-state index contributed by atoms with van der Waals surface area (Å²) in [5.41, 5.74) is 7.45. The number of thioether (sulfide) groups is 1. The Morgan fingerprint density at radius 1 is 1.27 bits per heavy atom. The van der Waals surface area contributed by atoms with Crippen molar-refractivity contribution < 1.29 is 38.8 Å². The van der Waals surface area contributed by atoms with Crippen LogP contribution in [0.2, 0.25) is 0 Å². The molecule has 4 heterocycles. The molecular weight excluding hydrogens is 581 g/mol. The van der Waals surface area contributed by atoms with Gasteiger partial charge < -0.3 is 26.1 Å². The first-order chi connectivity index (χ1) is 19.0. The van der Waals surface area contributed by atoms with Crippen molar-refractivity contribution in [2.24, 2.45) is 5.16 Å². The number of fused-ring (bicyclic) bond motifs is 2. The van der Waals surface area contributed by atoms with Crippen LogP contribution in [0.25, 0.3) is 0 Å². The number of hydrogen-bond donors (Lipinski definition) is 4. The van der Waals surface area contributed by atoms with Gasteiger partial charge in [-0.25, -0.2) is 14.6 Å². The van der Waals surface area contributed by atoms with E-state index in [1.165, 1.54) is 46.5 Å². The van der Waals surface area contributed by atoms with Crippen molar-refractivity contribution in [2.75, 3.05) is 11.5 Å². The molecular formula is C24H27N6O7S3+. The molecule has 0 spiro atoms. The third-order valence-electron chi connectivity index (χ3n) is 6.82. The zero-order valence-electron chi connectivity index (χ0n) is 21.6. The molecule has 5 N–H and O–H groups in total. The Kier molecular flexibility index (Phi) is 7.58. The number of aromatic nitrogens is 2. The molecule has 2 aliphatic heterocycles. The second kappa shape index (κ2) is 10.8. The SMILES string of the molecule is CC(C)(O/N=C(\C(=O)N[C@@H]1C(=O)N2C(C(=O)O)=C(C[n+]3csc4c3CCCC4)CS[C@@H]12)c1csc(N)n1)C(=O)O. The number of thiazole rings is 2. The van der Waals surface area contributed by atoms with E-state index in [0.717, 1.165) is 37.0 Å². The highest BCUT2D eigenvalue weighted by Gasteiger charge is 2.55. The van der Waals surface area contributed by atoms with Crippen LogP contribution in [0.15, 0.2) is 27.3 Å². The highest BCUT2D eigenvalue weighted by atomic mass is 32.2. The molecule has 2 amide bonds. The van der Waals surface area contributed by atoms with Crippen LogP contribution in [0.3, 0.4) is 0 Å². The third-order valence-corrected chi connectivity index (χ3v) is 9.91. The van der Waals surface area contributed by atoms with Gasteiger partial charge in [-0.3, -0.25) is 14.5 Å². The van der Waals surface area contributed by atoms with E-state index in [9.17, 15) is 29.4 Å². The fourth-order valence-electron chi connectivity index (χ4n) is 4.64. The van der Waals surface area contributed by atoms with Gasteiger partial charge in [0.05, 0.1) is 4.88 Å². The molecule has 0 aromatic carbocycles. The first-order valence-corrected chi connectivity index (χ1v) is 15.2. The summed E-state index contributed by atoms with van der Waals surface area (Å²) in [5, 5.41) is 26.7. The molecule has 0 bridgehead atoms. The zero-order chi connectivity index (χ0) is 28.8. The Hall–Kier alpha value is -3.50. The van der Waals surface area contributed by atoms with Crippen molar-refractivity contribution in [1.29, 1.82) is 0 Å². The van der Waals surface area contributed by atoms with Crippen LogP contribution in [-0.4, -0.2) is 72.3 Å². The molecule has 1 aliphatic carbocycles. The maximum absolute atomic E-state index is 13.2. The number of nitrogens with two attached hydrogens (primary N) is 1. The van der Waals surface area contributed by atoms with E-state index in [-0.39, 0.29) is 22.2 Å². The molecule has 0 unspecified atom stereocenters. The summed E-state index contributed by atoms with van der Waals surface area (Å²) in [4.78, 5) is 61.9. The standard InChI is InChI=1S/C24H26N6O7S3/c1-24(2,22(35)36)37-28-15(12-9-39-23(25)26-12)18(31)27-16-19(32)30-17(21(33)34)11(8-38-20(16)30)7-29-10-40-14-6-4-3-5-13(14)29/h9-10,16,20H,3-8H2,1-2H3,(H4-,25,26,27,31,33,34,35,36)/p+1/b28-15-/t16-,20+/m1/s1. The van der Waals surface area contributed by atoms with Gasteiger partial charge in [0.15, 0.2) is 23.1 Å². The Labute approximate surface area is 240 Å². The Bertz CT molecular complexity index is 1460. The van der Waals surface area contributed by atoms with E-state index in [1.54, 1.807) is 11.3 Å². The van der Waals surface area contributed by atoms with Crippen LogP contribution in [0.1, 0.15) is 43.0 Å². The fraction of sp³-hybridized carbons (Fsp3) is 0.458. The number of carboxylic acids is 2. The lowest BCUT2D eigenvalue weighted by molar-refractivity contribution is -0.692. The Morgan fingerprint density at radius 3 is 2.70 bits per heavy atom. The molecule has 1 fully saturated rings. The third kappa shape index (κ3) is 5.17. The first-order valence-electron chi connectivity index (χ1n) is 12.4. The minimum Gasteiger partial charge on any atom is -0.478 e. The number of carbonyl (C=O) groups is 4. The van der Waals surface area contributed by atoms with Crippen LogP contribution in [-0.2, 0) is 43.4 Å². The second-order valence-electron chi connectivity index (χ2n) is 9.96. The number of aliphatic carboxylic acids is 2. The van der Waals surface area contributed by atoms with Crippen molar-refractivity contribution in [3.63, 3.8) is 0 Å². The molecule has 2 aromatic heterocycles. The molecule has 2 aromatic rings. The lowest BCUT2D eigenvalue weighted by Gasteiger charge is -2.49. The van der Waals surface area contributed by atoms with Gasteiger partial charge in [-0.2, -0.15) is 4.57 Å². The highest BCUT2D eigenvalue weighted by molar-refractivity contribution is 8.00. The van der Waals surface area contributed by atoms with E-state index in [0.29, 0.717) is 17.9 Å². The normalized spacial score (nSPS) is 20.9. The number of anilines is 1. The number of aryl methyl sites for hydroxylation is 1. The van der Waals surface area contributed by atoms with Crippen LogP contribution >= 0.6 is 34.4 Å². The van der Waals surface area contributed by atoms with Gasteiger partial charge in [0.2, 0.25) is 11.1 Å². The summed E-state index contributed by atoms with van der Waals surface area (Å²) in [7, 11) is 0. The van der Waals surface area contributed by atoms with Crippen molar-refractivity contribution in [1.82, 2.24) is 15.2 Å². The van der Waals surface area contributed by atoms with Crippen molar-refractivity contribution in [3.8, 4) is 0 Å². The number of amides is 2. The average molecular weight is 608 g/mol. The molecule has 13 nitrogen and oxygen atoms in total. The molecule has 16 heteroatoms. The molecule has 2 atom stereocenters. The molecule has 1 saturated heterocycles. The largest absolute Gasteiger partial charge is 0.478 e. The predicted octanol–water partition coefficient (Wildman–Crippen LogP) is 0.976. The number of oxime groups is 1. The lowest BCUT2D eigenvalue weighted by atomic mass is 10.0. The molecule has 0 radical (unpaired) electrons. The quantitative estimate of drug-likeness (QED) is 0.138. The van der Waals surface area contributed by atoms with Gasteiger partial charge in [0, 0.05) is 23.1 Å². The fourth-order valence-corrected chi connectivity index (χ4v) is 7.59. The summed E-state index contributed by atoms with van der Waals surface area (Å²) >= 11 is 4.08. The molecule has 3 aliphatic rings. The molecule has 0 saturated carbocycles. The highest BCUT2D eigenvalue weighted by Crippen LogP contribution is 2.40. The van der Waals surface area contributed by atoms with E-state index < -0.39 is 40.8 Å². The van der Waals surface area contributed by atoms with Gasteiger partial charge in [-0.1, -0.05) is 16.5 Å². The Balaban J connectivity index is 1.36. The number of carbonyl (C=O) groups excluding carboxylic acids is 2. The summed E-state index contributed by atoms with van der Waals surface area (Å²) in [6.45, 7) is 2.90. The van der Waals surface area contributed by atoms with Gasteiger partial charge in [-0.15, -0.1) is 23.1 Å². The number of carboxylic acid groups (broad SMARTS) is 2.